The molecule has 0 fully saturated rings. The van der Waals surface area contributed by atoms with E-state index in [0.29, 0.717) is 0 Å². The number of hydrogen-bond donors (Lipinski definition) is 0. The monoisotopic (exact) mass is 200 g/mol. The van der Waals surface area contributed by atoms with E-state index < -0.39 is 0 Å². The maximum Gasteiger partial charge on any atom is 0.122 e. The van der Waals surface area contributed by atoms with Crippen molar-refractivity contribution in [3.8, 4) is 17.0 Å². The summed E-state index contributed by atoms with van der Waals surface area (Å²) in [6.45, 7) is 0.810. The molecule has 1 aromatic heterocycles. The molecule has 0 amide bonds. The van der Waals surface area contributed by atoms with Crippen molar-refractivity contribution in [2.75, 3.05) is 6.61 Å². The Labute approximate surface area is 88.3 Å². The molecule has 0 N–H and O–H groups in total. The first-order valence-corrected chi connectivity index (χ1v) is 5.09. The normalized spacial score (nSPS) is 13.7. The first kappa shape index (κ1) is 8.53. The van der Waals surface area contributed by atoms with E-state index in [4.69, 9.17) is 4.74 Å². The fourth-order valence-electron chi connectivity index (χ4n) is 2.00. The molecule has 3 rings (SSSR count). The SMILES string of the molecule is Cn1nccc1-c1ccc2c(c1)CCO2. The van der Waals surface area contributed by atoms with Crippen LogP contribution in [0.3, 0.4) is 0 Å². The van der Waals surface area contributed by atoms with Crippen molar-refractivity contribution in [1.29, 1.82) is 0 Å². The van der Waals surface area contributed by atoms with E-state index in [1.807, 2.05) is 30.1 Å². The molecule has 1 aliphatic rings. The Kier molecular flexibility index (Phi) is 1.78. The molecule has 0 unspecified atom stereocenters. The molecule has 0 bridgehead atoms. The second-order valence-corrected chi connectivity index (χ2v) is 3.76. The van der Waals surface area contributed by atoms with Crippen LogP contribution in [0.15, 0.2) is 30.5 Å². The van der Waals surface area contributed by atoms with E-state index in [-0.39, 0.29) is 0 Å². The number of aryl methyl sites for hydroxylation is 1. The lowest BCUT2D eigenvalue weighted by Gasteiger charge is -2.04. The highest BCUT2D eigenvalue weighted by Gasteiger charge is 2.13. The van der Waals surface area contributed by atoms with E-state index in [0.717, 1.165) is 24.5 Å². The summed E-state index contributed by atoms with van der Waals surface area (Å²) < 4.78 is 7.37. The van der Waals surface area contributed by atoms with Gasteiger partial charge in [0.25, 0.3) is 0 Å². The summed E-state index contributed by atoms with van der Waals surface area (Å²) in [4.78, 5) is 0. The third-order valence-corrected chi connectivity index (χ3v) is 2.81. The fourth-order valence-corrected chi connectivity index (χ4v) is 2.00. The summed E-state index contributed by atoms with van der Waals surface area (Å²) in [5.74, 6) is 1.03. The standard InChI is InChI=1S/C12H12N2O/c1-14-11(4-6-13-14)9-2-3-12-10(8-9)5-7-15-12/h2-4,6,8H,5,7H2,1H3. The lowest BCUT2D eigenvalue weighted by molar-refractivity contribution is 0.357. The summed E-state index contributed by atoms with van der Waals surface area (Å²) in [6.07, 6.45) is 2.83. The third kappa shape index (κ3) is 1.31. The minimum atomic E-state index is 0.810. The van der Waals surface area contributed by atoms with Gasteiger partial charge in [-0.05, 0) is 29.8 Å². The van der Waals surface area contributed by atoms with Gasteiger partial charge in [-0.25, -0.2) is 0 Å². The Balaban J connectivity index is 2.11. The number of nitrogens with zero attached hydrogens (tertiary/aromatic N) is 2. The molecule has 3 heteroatoms. The van der Waals surface area contributed by atoms with Crippen LogP contribution in [0.5, 0.6) is 5.75 Å². The van der Waals surface area contributed by atoms with Gasteiger partial charge in [-0.3, -0.25) is 4.68 Å². The summed E-state index contributed by atoms with van der Waals surface area (Å²) in [6, 6.07) is 8.35. The molecule has 0 radical (unpaired) electrons. The molecule has 2 heterocycles. The van der Waals surface area contributed by atoms with E-state index in [9.17, 15) is 0 Å². The average Bonchev–Trinajstić information content (AvgIpc) is 2.84. The average molecular weight is 200 g/mol. The first-order chi connectivity index (χ1) is 7.34. The topological polar surface area (TPSA) is 27.1 Å². The summed E-state index contributed by atoms with van der Waals surface area (Å²) in [5, 5.41) is 4.17. The van der Waals surface area contributed by atoms with Crippen LogP contribution in [0.2, 0.25) is 0 Å². The van der Waals surface area contributed by atoms with Gasteiger partial charge >= 0.3 is 0 Å². The minimum absolute atomic E-state index is 0.810. The summed E-state index contributed by atoms with van der Waals surface area (Å²) in [5.41, 5.74) is 3.65. The van der Waals surface area contributed by atoms with Crippen LogP contribution >= 0.6 is 0 Å². The lowest BCUT2D eigenvalue weighted by Crippen LogP contribution is -1.93. The molecule has 0 atom stereocenters. The molecule has 15 heavy (non-hydrogen) atoms. The van der Waals surface area contributed by atoms with Crippen molar-refractivity contribution in [3.63, 3.8) is 0 Å². The zero-order valence-electron chi connectivity index (χ0n) is 8.60. The van der Waals surface area contributed by atoms with Crippen LogP contribution in [0, 0.1) is 0 Å². The second kappa shape index (κ2) is 3.12. The molecule has 0 spiro atoms. The number of fused-ring (bicyclic) bond motifs is 1. The Morgan fingerprint density at radius 3 is 3.07 bits per heavy atom. The van der Waals surface area contributed by atoms with Crippen LogP contribution in [0.25, 0.3) is 11.3 Å². The number of ether oxygens (including phenoxy) is 1. The molecule has 1 aromatic carbocycles. The van der Waals surface area contributed by atoms with E-state index >= 15 is 0 Å². The second-order valence-electron chi connectivity index (χ2n) is 3.76. The van der Waals surface area contributed by atoms with Gasteiger partial charge < -0.3 is 4.74 Å². The van der Waals surface area contributed by atoms with Gasteiger partial charge in [0, 0.05) is 25.2 Å². The zero-order chi connectivity index (χ0) is 10.3. The van der Waals surface area contributed by atoms with Gasteiger partial charge in [-0.1, -0.05) is 0 Å². The number of benzene rings is 1. The summed E-state index contributed by atoms with van der Waals surface area (Å²) in [7, 11) is 1.96. The Hall–Kier alpha value is -1.77. The molecule has 0 aliphatic carbocycles. The van der Waals surface area contributed by atoms with Crippen molar-refractivity contribution in [2.45, 2.75) is 6.42 Å². The van der Waals surface area contributed by atoms with Crippen LogP contribution in [0.1, 0.15) is 5.56 Å². The Morgan fingerprint density at radius 1 is 1.33 bits per heavy atom. The highest BCUT2D eigenvalue weighted by Crippen LogP contribution is 2.29. The van der Waals surface area contributed by atoms with Gasteiger partial charge in [0.15, 0.2) is 0 Å². The van der Waals surface area contributed by atoms with Gasteiger partial charge in [-0.15, -0.1) is 0 Å². The van der Waals surface area contributed by atoms with Crippen molar-refractivity contribution in [1.82, 2.24) is 9.78 Å². The molecular weight excluding hydrogens is 188 g/mol. The highest BCUT2D eigenvalue weighted by atomic mass is 16.5. The maximum atomic E-state index is 5.48. The first-order valence-electron chi connectivity index (χ1n) is 5.09. The van der Waals surface area contributed by atoms with Gasteiger partial charge in [-0.2, -0.15) is 5.10 Å². The van der Waals surface area contributed by atoms with Gasteiger partial charge in [0.1, 0.15) is 5.75 Å². The molecule has 76 valence electrons. The van der Waals surface area contributed by atoms with Crippen LogP contribution in [-0.4, -0.2) is 16.4 Å². The van der Waals surface area contributed by atoms with Crippen LogP contribution in [0.4, 0.5) is 0 Å². The van der Waals surface area contributed by atoms with Crippen molar-refractivity contribution >= 4 is 0 Å². The van der Waals surface area contributed by atoms with E-state index in [1.54, 1.807) is 0 Å². The molecule has 1 aliphatic heterocycles. The minimum Gasteiger partial charge on any atom is -0.493 e. The van der Waals surface area contributed by atoms with E-state index in [2.05, 4.69) is 17.2 Å². The number of rotatable bonds is 1. The van der Waals surface area contributed by atoms with E-state index in [1.165, 1.54) is 11.1 Å². The Bertz CT molecular complexity index is 502. The van der Waals surface area contributed by atoms with Crippen molar-refractivity contribution < 1.29 is 4.74 Å². The Morgan fingerprint density at radius 2 is 2.27 bits per heavy atom. The molecule has 3 nitrogen and oxygen atoms in total. The van der Waals surface area contributed by atoms with Crippen molar-refractivity contribution in [2.24, 2.45) is 7.05 Å². The summed E-state index contributed by atoms with van der Waals surface area (Å²) >= 11 is 0. The molecular formula is C12H12N2O. The smallest absolute Gasteiger partial charge is 0.122 e. The lowest BCUT2D eigenvalue weighted by atomic mass is 10.1. The maximum absolute atomic E-state index is 5.48. The van der Waals surface area contributed by atoms with Gasteiger partial charge in [0.05, 0.1) is 12.3 Å². The number of aromatic nitrogens is 2. The molecule has 0 saturated heterocycles. The predicted molar refractivity (Wildman–Crippen MR) is 57.8 cm³/mol. The molecule has 2 aromatic rings. The quantitative estimate of drug-likeness (QED) is 0.704. The molecule has 0 saturated carbocycles. The van der Waals surface area contributed by atoms with Crippen molar-refractivity contribution in [3.05, 3.63) is 36.0 Å². The highest BCUT2D eigenvalue weighted by molar-refractivity contribution is 5.62. The number of hydrogen-bond acceptors (Lipinski definition) is 2. The third-order valence-electron chi connectivity index (χ3n) is 2.81. The van der Waals surface area contributed by atoms with Crippen LogP contribution < -0.4 is 4.74 Å². The largest absolute Gasteiger partial charge is 0.493 e. The zero-order valence-corrected chi connectivity index (χ0v) is 8.60. The fraction of sp³-hybridized carbons (Fsp3) is 0.250. The van der Waals surface area contributed by atoms with Gasteiger partial charge in [0.2, 0.25) is 0 Å². The predicted octanol–water partition coefficient (Wildman–Crippen LogP) is 2.02. The van der Waals surface area contributed by atoms with Crippen LogP contribution in [-0.2, 0) is 13.5 Å².